The van der Waals surface area contributed by atoms with Gasteiger partial charge in [-0.05, 0) is 31.0 Å². The lowest BCUT2D eigenvalue weighted by molar-refractivity contribution is -0.0586. The first-order chi connectivity index (χ1) is 10.00. The first-order valence-electron chi connectivity index (χ1n) is 7.18. The van der Waals surface area contributed by atoms with Crippen molar-refractivity contribution in [2.75, 3.05) is 18.9 Å². The molecular weight excluding hydrogens is 356 g/mol. The van der Waals surface area contributed by atoms with Crippen LogP contribution in [0.1, 0.15) is 25.7 Å². The predicted molar refractivity (Wildman–Crippen MR) is 84.4 cm³/mol. The quantitative estimate of drug-likeness (QED) is 0.806. The van der Waals surface area contributed by atoms with E-state index in [0.717, 1.165) is 30.2 Å². The monoisotopic (exact) mass is 374 g/mol. The summed E-state index contributed by atoms with van der Waals surface area (Å²) in [7, 11) is -3.57. The Balaban J connectivity index is 1.96. The average Bonchev–Trinajstić information content (AvgIpc) is 2.46. The van der Waals surface area contributed by atoms with Gasteiger partial charge in [0.15, 0.2) is 0 Å². The summed E-state index contributed by atoms with van der Waals surface area (Å²) in [4.78, 5) is 0.192. The fraction of sp³-hybridized carbons (Fsp3) is 0.571. The lowest BCUT2D eigenvalue weighted by Gasteiger charge is -2.42. The molecule has 2 unspecified atom stereocenters. The molecule has 5 nitrogen and oxygen atoms in total. The molecule has 2 aliphatic rings. The molecule has 1 saturated carbocycles. The van der Waals surface area contributed by atoms with Crippen LogP contribution in [0, 0.1) is 0 Å². The van der Waals surface area contributed by atoms with Gasteiger partial charge >= 0.3 is 0 Å². The van der Waals surface area contributed by atoms with Gasteiger partial charge < -0.3 is 10.5 Å². The lowest BCUT2D eigenvalue weighted by atomic mass is 9.91. The third-order valence-corrected chi connectivity index (χ3v) is 6.73. The largest absolute Gasteiger partial charge is 0.398 e. The number of fused-ring (bicyclic) bond motifs is 1. The minimum Gasteiger partial charge on any atom is -0.398 e. The van der Waals surface area contributed by atoms with E-state index >= 15 is 0 Å². The highest BCUT2D eigenvalue weighted by atomic mass is 79.9. The Morgan fingerprint density at radius 1 is 1.29 bits per heavy atom. The molecule has 1 aliphatic carbocycles. The molecule has 1 aromatic carbocycles. The number of nitrogen functional groups attached to an aromatic ring is 1. The average molecular weight is 375 g/mol. The minimum atomic E-state index is -3.57. The molecular formula is C14H19BrN2O3S. The number of sulfonamides is 1. The molecule has 0 bridgehead atoms. The summed E-state index contributed by atoms with van der Waals surface area (Å²) in [5.74, 6) is 0. The smallest absolute Gasteiger partial charge is 0.245 e. The molecule has 0 spiro atoms. The van der Waals surface area contributed by atoms with Crippen molar-refractivity contribution >= 4 is 31.6 Å². The zero-order valence-corrected chi connectivity index (χ0v) is 14.1. The molecule has 1 heterocycles. The van der Waals surface area contributed by atoms with Crippen LogP contribution < -0.4 is 5.73 Å². The van der Waals surface area contributed by atoms with E-state index in [9.17, 15) is 8.42 Å². The van der Waals surface area contributed by atoms with Crippen LogP contribution in [0.25, 0.3) is 0 Å². The van der Waals surface area contributed by atoms with E-state index in [1.807, 2.05) is 0 Å². The summed E-state index contributed by atoms with van der Waals surface area (Å²) in [6, 6.07) is 4.86. The minimum absolute atomic E-state index is 0.0268. The standard InChI is InChI=1S/C14H19BrN2O3S/c15-10-5-6-14(11(16)9-10)21(18,19)17-7-8-20-13-4-2-1-3-12(13)17/h5-6,9,12-13H,1-4,7-8,16H2. The summed E-state index contributed by atoms with van der Waals surface area (Å²) in [5.41, 5.74) is 6.20. The lowest BCUT2D eigenvalue weighted by Crippen LogP contribution is -2.54. The van der Waals surface area contributed by atoms with E-state index < -0.39 is 10.0 Å². The normalized spacial score (nSPS) is 27.3. The van der Waals surface area contributed by atoms with E-state index in [4.69, 9.17) is 10.5 Å². The molecule has 2 fully saturated rings. The third kappa shape index (κ3) is 2.84. The Kier molecular flexibility index (Phi) is 4.27. The molecule has 0 radical (unpaired) electrons. The molecule has 2 N–H and O–H groups in total. The molecule has 0 amide bonds. The maximum atomic E-state index is 12.9. The van der Waals surface area contributed by atoms with Crippen LogP contribution >= 0.6 is 15.9 Å². The van der Waals surface area contributed by atoms with Crippen LogP contribution in [0.5, 0.6) is 0 Å². The second-order valence-electron chi connectivity index (χ2n) is 5.56. The number of anilines is 1. The SMILES string of the molecule is Nc1cc(Br)ccc1S(=O)(=O)N1CCOC2CCCCC21. The van der Waals surface area contributed by atoms with Crippen LogP contribution in [0.2, 0.25) is 0 Å². The summed E-state index contributed by atoms with van der Waals surface area (Å²) >= 11 is 3.31. The fourth-order valence-corrected chi connectivity index (χ4v) is 5.38. The number of rotatable bonds is 2. The van der Waals surface area contributed by atoms with Crippen LogP contribution in [0.15, 0.2) is 27.6 Å². The molecule has 1 aliphatic heterocycles. The number of nitrogens with zero attached hydrogens (tertiary/aromatic N) is 1. The van der Waals surface area contributed by atoms with Gasteiger partial charge in [-0.25, -0.2) is 8.42 Å². The zero-order chi connectivity index (χ0) is 15.0. The number of morpholine rings is 1. The van der Waals surface area contributed by atoms with E-state index in [1.54, 1.807) is 22.5 Å². The van der Waals surface area contributed by atoms with E-state index in [-0.39, 0.29) is 22.7 Å². The van der Waals surface area contributed by atoms with Gasteiger partial charge in [-0.3, -0.25) is 0 Å². The van der Waals surface area contributed by atoms with E-state index in [0.29, 0.717) is 13.2 Å². The summed E-state index contributed by atoms with van der Waals surface area (Å²) in [5, 5.41) is 0. The van der Waals surface area contributed by atoms with Crippen LogP contribution in [0.4, 0.5) is 5.69 Å². The number of hydrogen-bond acceptors (Lipinski definition) is 4. The first-order valence-corrected chi connectivity index (χ1v) is 9.42. The van der Waals surface area contributed by atoms with Gasteiger partial charge in [-0.15, -0.1) is 0 Å². The van der Waals surface area contributed by atoms with Crippen LogP contribution in [0.3, 0.4) is 0 Å². The predicted octanol–water partition coefficient (Wildman–Crippen LogP) is 2.36. The van der Waals surface area contributed by atoms with Gasteiger partial charge in [0.2, 0.25) is 10.0 Å². The van der Waals surface area contributed by atoms with Crippen LogP contribution in [-0.2, 0) is 14.8 Å². The van der Waals surface area contributed by atoms with Gasteiger partial charge in [-0.2, -0.15) is 4.31 Å². The highest BCUT2D eigenvalue weighted by molar-refractivity contribution is 9.10. The van der Waals surface area contributed by atoms with Crippen molar-refractivity contribution in [2.24, 2.45) is 0 Å². The number of benzene rings is 1. The molecule has 7 heteroatoms. The molecule has 116 valence electrons. The van der Waals surface area contributed by atoms with Crippen molar-refractivity contribution < 1.29 is 13.2 Å². The summed E-state index contributed by atoms with van der Waals surface area (Å²) in [6.45, 7) is 0.857. The Morgan fingerprint density at radius 2 is 2.05 bits per heavy atom. The Morgan fingerprint density at radius 3 is 2.81 bits per heavy atom. The Labute approximate surface area is 133 Å². The molecule has 21 heavy (non-hydrogen) atoms. The number of hydrogen-bond donors (Lipinski definition) is 1. The van der Waals surface area contributed by atoms with E-state index in [1.165, 1.54) is 0 Å². The highest BCUT2D eigenvalue weighted by Crippen LogP contribution is 2.34. The van der Waals surface area contributed by atoms with Gasteiger partial charge in [-0.1, -0.05) is 28.8 Å². The summed E-state index contributed by atoms with van der Waals surface area (Å²) < 4.78 is 34.0. The second kappa shape index (κ2) is 5.87. The van der Waals surface area contributed by atoms with Crippen molar-refractivity contribution in [3.63, 3.8) is 0 Å². The molecule has 2 atom stereocenters. The number of ether oxygens (including phenoxy) is 1. The molecule has 3 rings (SSSR count). The van der Waals surface area contributed by atoms with E-state index in [2.05, 4.69) is 15.9 Å². The maximum absolute atomic E-state index is 12.9. The maximum Gasteiger partial charge on any atom is 0.245 e. The summed E-state index contributed by atoms with van der Waals surface area (Å²) in [6.07, 6.45) is 3.98. The van der Waals surface area contributed by atoms with Crippen molar-refractivity contribution in [2.45, 2.75) is 42.7 Å². The van der Waals surface area contributed by atoms with Crippen LogP contribution in [-0.4, -0.2) is 38.0 Å². The topological polar surface area (TPSA) is 72.6 Å². The molecule has 1 saturated heterocycles. The van der Waals surface area contributed by atoms with Crippen molar-refractivity contribution in [1.82, 2.24) is 4.31 Å². The van der Waals surface area contributed by atoms with Crippen molar-refractivity contribution in [3.05, 3.63) is 22.7 Å². The first kappa shape index (κ1) is 15.3. The van der Waals surface area contributed by atoms with Gasteiger partial charge in [0.25, 0.3) is 0 Å². The van der Waals surface area contributed by atoms with Crippen molar-refractivity contribution in [1.29, 1.82) is 0 Å². The number of nitrogens with two attached hydrogens (primary N) is 1. The number of halogens is 1. The second-order valence-corrected chi connectivity index (χ2v) is 8.33. The molecule has 1 aromatic rings. The zero-order valence-electron chi connectivity index (χ0n) is 11.7. The van der Waals surface area contributed by atoms with Crippen molar-refractivity contribution in [3.8, 4) is 0 Å². The molecule has 0 aromatic heterocycles. The Bertz CT molecular complexity index is 633. The fourth-order valence-electron chi connectivity index (χ4n) is 3.24. The Hall–Kier alpha value is -0.630. The third-order valence-electron chi connectivity index (χ3n) is 4.24. The van der Waals surface area contributed by atoms with Gasteiger partial charge in [0.1, 0.15) is 4.90 Å². The highest BCUT2D eigenvalue weighted by Gasteiger charge is 2.41. The van der Waals surface area contributed by atoms with Gasteiger partial charge in [0, 0.05) is 11.0 Å². The van der Waals surface area contributed by atoms with Gasteiger partial charge in [0.05, 0.1) is 24.4 Å².